The van der Waals surface area contributed by atoms with Crippen LogP contribution < -0.4 is 5.32 Å². The lowest BCUT2D eigenvalue weighted by molar-refractivity contribution is 0.268. The molecule has 2 nitrogen and oxygen atoms in total. The van der Waals surface area contributed by atoms with Gasteiger partial charge in [-0.2, -0.15) is 0 Å². The normalized spacial score (nSPS) is 17.1. The van der Waals surface area contributed by atoms with E-state index in [1.54, 1.807) is 11.3 Å². The number of rotatable bonds is 1. The van der Waals surface area contributed by atoms with E-state index in [0.717, 1.165) is 42.8 Å². The van der Waals surface area contributed by atoms with E-state index >= 15 is 0 Å². The van der Waals surface area contributed by atoms with Crippen LogP contribution in [0.3, 0.4) is 0 Å². The zero-order valence-electron chi connectivity index (χ0n) is 8.42. The first-order valence-electron chi connectivity index (χ1n) is 5.00. The molecule has 0 radical (unpaired) electrons. The van der Waals surface area contributed by atoms with Crippen LogP contribution in [-0.4, -0.2) is 37.6 Å². The molecule has 1 fully saturated rings. The highest BCUT2D eigenvalue weighted by Gasteiger charge is 2.06. The van der Waals surface area contributed by atoms with Gasteiger partial charge in [0.1, 0.15) is 0 Å². The van der Waals surface area contributed by atoms with Crippen molar-refractivity contribution >= 4 is 27.3 Å². The molecule has 1 saturated heterocycles. The fraction of sp³-hybridized carbons (Fsp3) is 0.455. The summed E-state index contributed by atoms with van der Waals surface area (Å²) in [7, 11) is 0. The van der Waals surface area contributed by atoms with Gasteiger partial charge in [-0.05, 0) is 15.9 Å². The third-order valence-corrected chi connectivity index (χ3v) is 4.05. The molecule has 0 amide bonds. The fourth-order valence-electron chi connectivity index (χ4n) is 1.49. The van der Waals surface area contributed by atoms with Crippen molar-refractivity contribution < 1.29 is 0 Å². The van der Waals surface area contributed by atoms with Crippen molar-refractivity contribution in [2.45, 2.75) is 0 Å². The van der Waals surface area contributed by atoms with Gasteiger partial charge in [0.05, 0.1) is 6.54 Å². The number of halogens is 1. The number of nitrogens with one attached hydrogen (secondary N) is 1. The zero-order valence-corrected chi connectivity index (χ0v) is 10.8. The first kappa shape index (κ1) is 11.2. The minimum absolute atomic E-state index is 0.879. The molecule has 1 aromatic rings. The van der Waals surface area contributed by atoms with Gasteiger partial charge >= 0.3 is 0 Å². The minimum Gasteiger partial charge on any atom is -0.314 e. The van der Waals surface area contributed by atoms with Crippen LogP contribution in [0.5, 0.6) is 0 Å². The Morgan fingerprint density at radius 2 is 2.20 bits per heavy atom. The molecule has 0 aliphatic carbocycles. The van der Waals surface area contributed by atoms with Crippen molar-refractivity contribution in [3.63, 3.8) is 0 Å². The summed E-state index contributed by atoms with van der Waals surface area (Å²) < 4.78 is 1.11. The topological polar surface area (TPSA) is 15.3 Å². The van der Waals surface area contributed by atoms with E-state index in [0.29, 0.717) is 0 Å². The Balaban J connectivity index is 1.87. The van der Waals surface area contributed by atoms with Crippen LogP contribution in [0, 0.1) is 11.8 Å². The lowest BCUT2D eigenvalue weighted by atomic mass is 10.3. The Morgan fingerprint density at radius 1 is 1.40 bits per heavy atom. The molecule has 1 N–H and O–H groups in total. The first-order valence-corrected chi connectivity index (χ1v) is 6.73. The summed E-state index contributed by atoms with van der Waals surface area (Å²) >= 11 is 5.16. The third-order valence-electron chi connectivity index (χ3n) is 2.35. The molecule has 0 aromatic carbocycles. The molecule has 0 saturated carbocycles. The average molecular weight is 285 g/mol. The van der Waals surface area contributed by atoms with Gasteiger partial charge in [-0.25, -0.2) is 0 Å². The van der Waals surface area contributed by atoms with Crippen LogP contribution in [0.15, 0.2) is 15.2 Å². The van der Waals surface area contributed by atoms with Gasteiger partial charge in [-0.15, -0.1) is 11.3 Å². The maximum absolute atomic E-state index is 3.48. The SMILES string of the molecule is Brc1cscc1C#CCN1CCNCC1. The summed E-state index contributed by atoms with van der Waals surface area (Å²) in [4.78, 5) is 2.38. The van der Waals surface area contributed by atoms with E-state index in [-0.39, 0.29) is 0 Å². The molecule has 0 bridgehead atoms. The van der Waals surface area contributed by atoms with Crippen LogP contribution in [-0.2, 0) is 0 Å². The van der Waals surface area contributed by atoms with E-state index in [1.807, 2.05) is 0 Å². The summed E-state index contributed by atoms with van der Waals surface area (Å²) in [5, 5.41) is 7.47. The second-order valence-corrected chi connectivity index (χ2v) is 5.06. The van der Waals surface area contributed by atoms with Gasteiger partial charge < -0.3 is 5.32 Å². The molecule has 1 aliphatic rings. The lowest BCUT2D eigenvalue weighted by Crippen LogP contribution is -2.43. The molecule has 0 unspecified atom stereocenters. The van der Waals surface area contributed by atoms with Crippen LogP contribution in [0.1, 0.15) is 5.56 Å². The number of thiophene rings is 1. The summed E-state index contributed by atoms with van der Waals surface area (Å²) in [6.45, 7) is 5.27. The standard InChI is InChI=1S/C11H13BrN2S/c12-11-9-15-8-10(11)2-1-5-14-6-3-13-4-7-14/h8-9,13H,3-7H2. The van der Waals surface area contributed by atoms with Crippen LogP contribution in [0.2, 0.25) is 0 Å². The monoisotopic (exact) mass is 284 g/mol. The molecule has 0 atom stereocenters. The molecular weight excluding hydrogens is 272 g/mol. The molecule has 2 rings (SSSR count). The van der Waals surface area contributed by atoms with Gasteiger partial charge in [0.2, 0.25) is 0 Å². The van der Waals surface area contributed by atoms with Crippen molar-refractivity contribution in [1.82, 2.24) is 10.2 Å². The summed E-state index contributed by atoms with van der Waals surface area (Å²) in [5.41, 5.74) is 1.11. The summed E-state index contributed by atoms with van der Waals surface area (Å²) in [6.07, 6.45) is 0. The highest BCUT2D eigenvalue weighted by atomic mass is 79.9. The molecular formula is C11H13BrN2S. The Hall–Kier alpha value is -0.340. The van der Waals surface area contributed by atoms with Crippen LogP contribution >= 0.6 is 27.3 Å². The summed E-state index contributed by atoms with van der Waals surface area (Å²) in [6, 6.07) is 0. The Bertz CT molecular complexity index is 371. The van der Waals surface area contributed by atoms with E-state index < -0.39 is 0 Å². The molecule has 4 heteroatoms. The van der Waals surface area contributed by atoms with Gasteiger partial charge in [0.25, 0.3) is 0 Å². The first-order chi connectivity index (χ1) is 7.36. The van der Waals surface area contributed by atoms with E-state index in [9.17, 15) is 0 Å². The third kappa shape index (κ3) is 3.32. The highest BCUT2D eigenvalue weighted by Crippen LogP contribution is 2.19. The van der Waals surface area contributed by atoms with Crippen molar-refractivity contribution in [3.8, 4) is 11.8 Å². The van der Waals surface area contributed by atoms with Crippen LogP contribution in [0.25, 0.3) is 0 Å². The molecule has 80 valence electrons. The molecule has 0 spiro atoms. The van der Waals surface area contributed by atoms with Gasteiger partial charge in [0, 0.05) is 47.0 Å². The number of hydrogen-bond donors (Lipinski definition) is 1. The van der Waals surface area contributed by atoms with Crippen molar-refractivity contribution in [2.24, 2.45) is 0 Å². The number of hydrogen-bond acceptors (Lipinski definition) is 3. The van der Waals surface area contributed by atoms with E-state index in [2.05, 4.69) is 48.7 Å². The van der Waals surface area contributed by atoms with Gasteiger partial charge in [-0.1, -0.05) is 11.8 Å². The number of nitrogens with zero attached hydrogens (tertiary/aromatic N) is 1. The predicted molar refractivity (Wildman–Crippen MR) is 68.2 cm³/mol. The smallest absolute Gasteiger partial charge is 0.0606 e. The molecule has 15 heavy (non-hydrogen) atoms. The summed E-state index contributed by atoms with van der Waals surface area (Å²) in [5.74, 6) is 6.41. The Kier molecular flexibility index (Phi) is 4.21. The number of piperazine rings is 1. The second kappa shape index (κ2) is 5.66. The van der Waals surface area contributed by atoms with E-state index in [1.165, 1.54) is 0 Å². The zero-order chi connectivity index (χ0) is 10.5. The second-order valence-electron chi connectivity index (χ2n) is 3.46. The molecule has 1 aliphatic heterocycles. The maximum atomic E-state index is 3.48. The van der Waals surface area contributed by atoms with Crippen molar-refractivity contribution in [3.05, 3.63) is 20.8 Å². The fourth-order valence-corrected chi connectivity index (χ4v) is 2.81. The minimum atomic E-state index is 0.879. The predicted octanol–water partition coefficient (Wildman–Crippen LogP) is 1.77. The maximum Gasteiger partial charge on any atom is 0.0606 e. The molecule has 1 aromatic heterocycles. The van der Waals surface area contributed by atoms with E-state index in [4.69, 9.17) is 0 Å². The Morgan fingerprint density at radius 3 is 2.87 bits per heavy atom. The largest absolute Gasteiger partial charge is 0.314 e. The van der Waals surface area contributed by atoms with Gasteiger partial charge in [-0.3, -0.25) is 4.90 Å². The Labute approximate surface area is 103 Å². The van der Waals surface area contributed by atoms with Gasteiger partial charge in [0.15, 0.2) is 0 Å². The van der Waals surface area contributed by atoms with Crippen molar-refractivity contribution in [2.75, 3.05) is 32.7 Å². The van der Waals surface area contributed by atoms with Crippen LogP contribution in [0.4, 0.5) is 0 Å². The highest BCUT2D eigenvalue weighted by molar-refractivity contribution is 9.10. The average Bonchev–Trinajstić information content (AvgIpc) is 2.66. The molecule has 2 heterocycles. The van der Waals surface area contributed by atoms with Crippen molar-refractivity contribution in [1.29, 1.82) is 0 Å². The quantitative estimate of drug-likeness (QED) is 0.791. The lowest BCUT2D eigenvalue weighted by Gasteiger charge is -2.24.